The Morgan fingerprint density at radius 2 is 1.95 bits per heavy atom. The summed E-state index contributed by atoms with van der Waals surface area (Å²) >= 11 is 0. The third-order valence-electron chi connectivity index (χ3n) is 4.04. The van der Waals surface area contributed by atoms with E-state index in [0.717, 1.165) is 35.4 Å². The molecule has 1 fully saturated rings. The Hall–Kier alpha value is -2.36. The fraction of sp³-hybridized carbons (Fsp3) is 0.333. The van der Waals surface area contributed by atoms with Crippen molar-refractivity contribution in [2.24, 2.45) is 0 Å². The van der Waals surface area contributed by atoms with Gasteiger partial charge in [0.2, 0.25) is 0 Å². The van der Waals surface area contributed by atoms with Crippen molar-refractivity contribution in [3.8, 4) is 17.0 Å². The molecule has 22 heavy (non-hydrogen) atoms. The lowest BCUT2D eigenvalue weighted by molar-refractivity contribution is 0.101. The van der Waals surface area contributed by atoms with Crippen LogP contribution in [0, 0.1) is 6.92 Å². The van der Waals surface area contributed by atoms with E-state index in [9.17, 15) is 9.59 Å². The Bertz CT molecular complexity index is 800. The number of aromatic nitrogens is 1. The van der Waals surface area contributed by atoms with Gasteiger partial charge in [-0.05, 0) is 51.0 Å². The van der Waals surface area contributed by atoms with Crippen molar-refractivity contribution in [2.75, 3.05) is 7.11 Å². The first-order valence-electron chi connectivity index (χ1n) is 7.44. The van der Waals surface area contributed by atoms with Gasteiger partial charge in [-0.15, -0.1) is 0 Å². The van der Waals surface area contributed by atoms with E-state index in [1.165, 1.54) is 6.92 Å². The van der Waals surface area contributed by atoms with Crippen LogP contribution in [0.2, 0.25) is 0 Å². The van der Waals surface area contributed by atoms with Crippen molar-refractivity contribution in [2.45, 2.75) is 32.7 Å². The summed E-state index contributed by atoms with van der Waals surface area (Å²) in [5, 5.41) is 0. The lowest BCUT2D eigenvalue weighted by Crippen LogP contribution is -2.26. The molecule has 0 bridgehead atoms. The number of Topliss-reactive ketones (excluding diaryl/α,β-unsaturated/α-hetero) is 1. The monoisotopic (exact) mass is 297 g/mol. The quantitative estimate of drug-likeness (QED) is 0.813. The third kappa shape index (κ3) is 2.45. The second-order valence-corrected chi connectivity index (χ2v) is 5.80. The molecular weight excluding hydrogens is 278 g/mol. The summed E-state index contributed by atoms with van der Waals surface area (Å²) in [4.78, 5) is 24.3. The molecule has 1 saturated carbocycles. The topological polar surface area (TPSA) is 48.3 Å². The van der Waals surface area contributed by atoms with Crippen LogP contribution < -0.4 is 10.3 Å². The van der Waals surface area contributed by atoms with Crippen LogP contribution in [0.1, 0.15) is 41.7 Å². The molecule has 0 N–H and O–H groups in total. The molecule has 1 heterocycles. The van der Waals surface area contributed by atoms with Crippen LogP contribution in [-0.2, 0) is 0 Å². The van der Waals surface area contributed by atoms with E-state index in [0.29, 0.717) is 0 Å². The molecular formula is C18H19NO3. The van der Waals surface area contributed by atoms with Gasteiger partial charge in [0, 0.05) is 11.6 Å². The Balaban J connectivity index is 2.28. The predicted molar refractivity (Wildman–Crippen MR) is 85.7 cm³/mol. The van der Waals surface area contributed by atoms with Gasteiger partial charge >= 0.3 is 0 Å². The maximum Gasteiger partial charge on any atom is 0.262 e. The van der Waals surface area contributed by atoms with Crippen LogP contribution in [-0.4, -0.2) is 17.5 Å². The average Bonchev–Trinajstić information content (AvgIpc) is 3.31. The third-order valence-corrected chi connectivity index (χ3v) is 4.04. The summed E-state index contributed by atoms with van der Waals surface area (Å²) in [6.07, 6.45) is 1.95. The van der Waals surface area contributed by atoms with Gasteiger partial charge in [0.05, 0.1) is 18.4 Å². The summed E-state index contributed by atoms with van der Waals surface area (Å²) in [5.74, 6) is 0.539. The Morgan fingerprint density at radius 1 is 1.23 bits per heavy atom. The Kier molecular flexibility index (Phi) is 3.61. The Labute approximate surface area is 129 Å². The van der Waals surface area contributed by atoms with Crippen LogP contribution in [0.3, 0.4) is 0 Å². The van der Waals surface area contributed by atoms with Gasteiger partial charge in [-0.3, -0.25) is 9.59 Å². The molecule has 0 spiro atoms. The lowest BCUT2D eigenvalue weighted by Gasteiger charge is -2.16. The second kappa shape index (κ2) is 5.44. The molecule has 114 valence electrons. The maximum atomic E-state index is 12.7. The van der Waals surface area contributed by atoms with E-state index >= 15 is 0 Å². The zero-order chi connectivity index (χ0) is 15.9. The van der Waals surface area contributed by atoms with Gasteiger partial charge in [-0.25, -0.2) is 0 Å². The van der Waals surface area contributed by atoms with Gasteiger partial charge < -0.3 is 9.30 Å². The van der Waals surface area contributed by atoms with Crippen molar-refractivity contribution in [1.29, 1.82) is 0 Å². The first kappa shape index (κ1) is 14.6. The zero-order valence-corrected chi connectivity index (χ0v) is 13.1. The smallest absolute Gasteiger partial charge is 0.262 e. The highest BCUT2D eigenvalue weighted by Gasteiger charge is 2.29. The fourth-order valence-corrected chi connectivity index (χ4v) is 2.76. The normalized spacial score (nSPS) is 14.0. The number of hydrogen-bond acceptors (Lipinski definition) is 3. The number of ether oxygens (including phenoxy) is 1. The highest BCUT2D eigenvalue weighted by atomic mass is 16.5. The minimum atomic E-state index is -0.198. The summed E-state index contributed by atoms with van der Waals surface area (Å²) in [6, 6.07) is 9.57. The maximum absolute atomic E-state index is 12.7. The lowest BCUT2D eigenvalue weighted by atomic mass is 10.0. The number of hydrogen-bond donors (Lipinski definition) is 0. The number of pyridine rings is 1. The van der Waals surface area contributed by atoms with Crippen molar-refractivity contribution >= 4 is 5.78 Å². The molecule has 3 rings (SSSR count). The molecule has 2 aromatic rings. The first-order chi connectivity index (χ1) is 10.5. The van der Waals surface area contributed by atoms with Gasteiger partial charge in [-0.1, -0.05) is 11.6 Å². The molecule has 0 radical (unpaired) electrons. The minimum Gasteiger partial charge on any atom is -0.496 e. The summed E-state index contributed by atoms with van der Waals surface area (Å²) in [5.41, 5.74) is 2.86. The number of ketones is 1. The van der Waals surface area contributed by atoms with Gasteiger partial charge in [0.1, 0.15) is 5.75 Å². The molecule has 1 aliphatic rings. The van der Waals surface area contributed by atoms with Gasteiger partial charge in [0.15, 0.2) is 5.78 Å². The number of rotatable bonds is 4. The predicted octanol–water partition coefficient (Wildman–Crippen LogP) is 3.37. The number of carbonyl (C=O) groups excluding carboxylic acids is 1. The number of aryl methyl sites for hydroxylation is 1. The van der Waals surface area contributed by atoms with E-state index < -0.39 is 0 Å². The zero-order valence-electron chi connectivity index (χ0n) is 13.1. The standard InChI is InChI=1S/C18H19NO3/c1-11-4-9-17(22-3)15(10-11)16-8-7-14(12(2)20)18(21)19(16)13-5-6-13/h4,7-10,13H,5-6H2,1-3H3. The van der Waals surface area contributed by atoms with Crippen LogP contribution >= 0.6 is 0 Å². The van der Waals surface area contributed by atoms with E-state index in [2.05, 4.69) is 0 Å². The SMILES string of the molecule is COc1ccc(C)cc1-c1ccc(C(C)=O)c(=O)n1C1CC1. The molecule has 1 aromatic heterocycles. The molecule has 1 aromatic carbocycles. The first-order valence-corrected chi connectivity index (χ1v) is 7.44. The molecule has 4 nitrogen and oxygen atoms in total. The Morgan fingerprint density at radius 3 is 2.55 bits per heavy atom. The highest BCUT2D eigenvalue weighted by molar-refractivity contribution is 5.94. The summed E-state index contributed by atoms with van der Waals surface area (Å²) in [7, 11) is 1.62. The molecule has 0 unspecified atom stereocenters. The van der Waals surface area contributed by atoms with E-state index in [4.69, 9.17) is 4.74 Å². The van der Waals surface area contributed by atoms with Crippen molar-refractivity contribution in [3.05, 3.63) is 51.8 Å². The molecule has 0 atom stereocenters. The van der Waals surface area contributed by atoms with Gasteiger partial charge in [0.25, 0.3) is 5.56 Å². The van der Waals surface area contributed by atoms with Crippen molar-refractivity contribution in [1.82, 2.24) is 4.57 Å². The number of nitrogens with zero attached hydrogens (tertiary/aromatic N) is 1. The molecule has 0 saturated heterocycles. The number of benzene rings is 1. The summed E-state index contributed by atoms with van der Waals surface area (Å²) < 4.78 is 7.20. The molecule has 0 amide bonds. The highest BCUT2D eigenvalue weighted by Crippen LogP contribution is 2.39. The molecule has 4 heteroatoms. The average molecular weight is 297 g/mol. The van der Waals surface area contributed by atoms with Crippen molar-refractivity contribution in [3.63, 3.8) is 0 Å². The number of methoxy groups -OCH3 is 1. The van der Waals surface area contributed by atoms with Crippen LogP contribution in [0.5, 0.6) is 5.75 Å². The van der Waals surface area contributed by atoms with Crippen LogP contribution in [0.4, 0.5) is 0 Å². The largest absolute Gasteiger partial charge is 0.496 e. The minimum absolute atomic E-state index is 0.187. The molecule has 0 aliphatic heterocycles. The number of carbonyl (C=O) groups is 1. The van der Waals surface area contributed by atoms with E-state index in [1.54, 1.807) is 17.7 Å². The second-order valence-electron chi connectivity index (χ2n) is 5.80. The van der Waals surface area contributed by atoms with Crippen molar-refractivity contribution < 1.29 is 9.53 Å². The van der Waals surface area contributed by atoms with Gasteiger partial charge in [-0.2, -0.15) is 0 Å². The summed E-state index contributed by atoms with van der Waals surface area (Å²) in [6.45, 7) is 3.44. The van der Waals surface area contributed by atoms with Crippen LogP contribution in [0.25, 0.3) is 11.3 Å². The van der Waals surface area contributed by atoms with E-state index in [-0.39, 0.29) is 22.9 Å². The van der Waals surface area contributed by atoms with Crippen LogP contribution in [0.15, 0.2) is 35.1 Å². The molecule has 1 aliphatic carbocycles. The van der Waals surface area contributed by atoms with E-state index in [1.807, 2.05) is 31.2 Å². The fourth-order valence-electron chi connectivity index (χ4n) is 2.76.